The highest BCUT2D eigenvalue weighted by Crippen LogP contribution is 2.22. The topological polar surface area (TPSA) is 96.7 Å². The molecule has 0 aliphatic carbocycles. The zero-order chi connectivity index (χ0) is 17.4. The number of urea groups is 1. The molecular formula is C16H20N6O2. The lowest BCUT2D eigenvalue weighted by Gasteiger charge is -2.10. The molecule has 24 heavy (non-hydrogen) atoms. The summed E-state index contributed by atoms with van der Waals surface area (Å²) < 4.78 is 3.15. The van der Waals surface area contributed by atoms with Crippen LogP contribution in [0.1, 0.15) is 17.0 Å². The van der Waals surface area contributed by atoms with Crippen molar-refractivity contribution >= 4 is 22.8 Å². The Morgan fingerprint density at radius 2 is 1.83 bits per heavy atom. The van der Waals surface area contributed by atoms with E-state index < -0.39 is 0 Å². The van der Waals surface area contributed by atoms with Crippen molar-refractivity contribution in [2.24, 2.45) is 14.1 Å². The van der Waals surface area contributed by atoms with Crippen molar-refractivity contribution in [1.29, 1.82) is 0 Å². The van der Waals surface area contributed by atoms with Crippen LogP contribution in [0, 0.1) is 13.8 Å². The molecule has 0 aliphatic rings. The Morgan fingerprint density at radius 3 is 2.46 bits per heavy atom. The molecule has 0 atom stereocenters. The minimum absolute atomic E-state index is 0.0973. The number of amides is 2. The second-order valence-corrected chi connectivity index (χ2v) is 5.91. The van der Waals surface area contributed by atoms with E-state index in [4.69, 9.17) is 0 Å². The van der Waals surface area contributed by atoms with E-state index in [9.17, 15) is 9.59 Å². The number of H-pyrrole nitrogens is 1. The molecule has 3 N–H and O–H groups in total. The molecule has 0 saturated heterocycles. The lowest BCUT2D eigenvalue weighted by Crippen LogP contribution is -2.28. The number of aromatic nitrogens is 4. The van der Waals surface area contributed by atoms with Gasteiger partial charge in [0.15, 0.2) is 0 Å². The first-order chi connectivity index (χ1) is 11.4. The third kappa shape index (κ3) is 2.78. The monoisotopic (exact) mass is 328 g/mol. The van der Waals surface area contributed by atoms with Gasteiger partial charge in [0.1, 0.15) is 0 Å². The molecule has 0 spiro atoms. The van der Waals surface area contributed by atoms with E-state index in [2.05, 4.69) is 20.8 Å². The fourth-order valence-corrected chi connectivity index (χ4v) is 2.69. The predicted octanol–water partition coefficient (Wildman–Crippen LogP) is 1.54. The maximum atomic E-state index is 12.1. The van der Waals surface area contributed by atoms with Crippen LogP contribution >= 0.6 is 0 Å². The Labute approximate surface area is 138 Å². The van der Waals surface area contributed by atoms with Crippen LogP contribution < -0.4 is 16.3 Å². The smallest absolute Gasteiger partial charge is 0.328 e. The van der Waals surface area contributed by atoms with Crippen molar-refractivity contribution in [3.05, 3.63) is 45.6 Å². The number of hydrogen-bond acceptors (Lipinski definition) is 3. The maximum absolute atomic E-state index is 12.1. The van der Waals surface area contributed by atoms with Crippen LogP contribution in [0.25, 0.3) is 11.0 Å². The zero-order valence-electron chi connectivity index (χ0n) is 14.1. The number of nitrogens with zero attached hydrogens (tertiary/aromatic N) is 3. The highest BCUT2D eigenvalue weighted by molar-refractivity contribution is 5.93. The minimum atomic E-state index is -0.320. The van der Waals surface area contributed by atoms with E-state index in [1.807, 2.05) is 32.0 Å². The van der Waals surface area contributed by atoms with Crippen LogP contribution in [0.5, 0.6) is 0 Å². The van der Waals surface area contributed by atoms with Crippen molar-refractivity contribution in [2.45, 2.75) is 20.4 Å². The van der Waals surface area contributed by atoms with Crippen molar-refractivity contribution in [3.63, 3.8) is 0 Å². The molecule has 2 aromatic heterocycles. The second kappa shape index (κ2) is 5.88. The molecule has 1 aromatic carbocycles. The number of aryl methyl sites for hydroxylation is 4. The number of benzene rings is 1. The van der Waals surface area contributed by atoms with Gasteiger partial charge in [0.05, 0.1) is 23.3 Å². The van der Waals surface area contributed by atoms with Crippen molar-refractivity contribution in [2.75, 3.05) is 5.32 Å². The van der Waals surface area contributed by atoms with Gasteiger partial charge in [-0.05, 0) is 37.6 Å². The van der Waals surface area contributed by atoms with Gasteiger partial charge >= 0.3 is 11.7 Å². The van der Waals surface area contributed by atoms with Gasteiger partial charge in [-0.2, -0.15) is 5.10 Å². The quantitative estimate of drug-likeness (QED) is 0.680. The van der Waals surface area contributed by atoms with Gasteiger partial charge in [-0.15, -0.1) is 0 Å². The van der Waals surface area contributed by atoms with E-state index in [-0.39, 0.29) is 11.7 Å². The van der Waals surface area contributed by atoms with Gasteiger partial charge in [0.25, 0.3) is 0 Å². The Kier molecular flexibility index (Phi) is 3.88. The van der Waals surface area contributed by atoms with Crippen LogP contribution in [0.3, 0.4) is 0 Å². The van der Waals surface area contributed by atoms with Gasteiger partial charge in [-0.1, -0.05) is 0 Å². The summed E-state index contributed by atoms with van der Waals surface area (Å²) in [7, 11) is 3.44. The number of carbonyl (C=O) groups is 1. The fraction of sp³-hybridized carbons (Fsp3) is 0.312. The predicted molar refractivity (Wildman–Crippen MR) is 92.1 cm³/mol. The molecule has 0 bridgehead atoms. The number of nitrogens with one attached hydrogen (secondary N) is 3. The van der Waals surface area contributed by atoms with Gasteiger partial charge < -0.3 is 10.6 Å². The zero-order valence-corrected chi connectivity index (χ0v) is 14.1. The first-order valence-electron chi connectivity index (χ1n) is 7.58. The summed E-state index contributed by atoms with van der Waals surface area (Å²) in [6, 6.07) is 5.25. The molecule has 2 heterocycles. The molecule has 8 heteroatoms. The fourth-order valence-electron chi connectivity index (χ4n) is 2.69. The van der Waals surface area contributed by atoms with Crippen LogP contribution in [-0.2, 0) is 20.6 Å². The number of fused-ring (bicyclic) bond motifs is 1. The molecule has 0 unspecified atom stereocenters. The average molecular weight is 328 g/mol. The standard InChI is InChI=1S/C16H20N6O2/c1-9-5-13-14(22(4)16(24)21(13)3)7-12(9)18-15(23)17-8-11-6-10(2)19-20-11/h5-7H,8H2,1-4H3,(H,19,20)(H2,17,18,23). The number of imidazole rings is 1. The molecule has 0 aliphatic heterocycles. The Bertz CT molecular complexity index is 979. The first kappa shape index (κ1) is 15.9. The van der Waals surface area contributed by atoms with Crippen molar-refractivity contribution in [1.82, 2.24) is 24.6 Å². The summed E-state index contributed by atoms with van der Waals surface area (Å²) in [6.45, 7) is 4.13. The third-order valence-corrected chi connectivity index (χ3v) is 4.06. The number of hydrogen-bond donors (Lipinski definition) is 3. The lowest BCUT2D eigenvalue weighted by atomic mass is 10.1. The number of rotatable bonds is 3. The van der Waals surface area contributed by atoms with Crippen molar-refractivity contribution in [3.8, 4) is 0 Å². The molecule has 3 aromatic rings. The van der Waals surface area contributed by atoms with E-state index >= 15 is 0 Å². The molecule has 8 nitrogen and oxygen atoms in total. The van der Waals surface area contributed by atoms with Crippen LogP contribution in [0.4, 0.5) is 10.5 Å². The van der Waals surface area contributed by atoms with E-state index in [1.54, 1.807) is 23.2 Å². The van der Waals surface area contributed by atoms with Crippen molar-refractivity contribution < 1.29 is 4.79 Å². The summed E-state index contributed by atoms with van der Waals surface area (Å²) in [4.78, 5) is 24.1. The summed E-state index contributed by atoms with van der Waals surface area (Å²) >= 11 is 0. The molecule has 2 amide bonds. The molecule has 3 rings (SSSR count). The molecule has 0 fully saturated rings. The largest absolute Gasteiger partial charge is 0.332 e. The Morgan fingerprint density at radius 1 is 1.17 bits per heavy atom. The van der Waals surface area contributed by atoms with Gasteiger partial charge in [-0.25, -0.2) is 9.59 Å². The Hall–Kier alpha value is -3.03. The molecule has 0 radical (unpaired) electrons. The van der Waals surface area contributed by atoms with Gasteiger partial charge in [0.2, 0.25) is 0 Å². The van der Waals surface area contributed by atoms with Crippen LogP contribution in [0.15, 0.2) is 23.0 Å². The normalized spacial score (nSPS) is 11.0. The highest BCUT2D eigenvalue weighted by Gasteiger charge is 2.12. The summed E-state index contributed by atoms with van der Waals surface area (Å²) in [5, 5.41) is 12.5. The van der Waals surface area contributed by atoms with E-state index in [0.29, 0.717) is 12.2 Å². The van der Waals surface area contributed by atoms with E-state index in [0.717, 1.165) is 28.0 Å². The summed E-state index contributed by atoms with van der Waals surface area (Å²) in [5.74, 6) is 0. The van der Waals surface area contributed by atoms with Gasteiger partial charge in [-0.3, -0.25) is 14.2 Å². The van der Waals surface area contributed by atoms with Crippen LogP contribution in [-0.4, -0.2) is 25.4 Å². The second-order valence-electron chi connectivity index (χ2n) is 5.91. The molecular weight excluding hydrogens is 308 g/mol. The average Bonchev–Trinajstić information content (AvgIpc) is 3.05. The van der Waals surface area contributed by atoms with E-state index in [1.165, 1.54) is 0 Å². The maximum Gasteiger partial charge on any atom is 0.328 e. The van der Waals surface area contributed by atoms with Crippen LogP contribution in [0.2, 0.25) is 0 Å². The highest BCUT2D eigenvalue weighted by atomic mass is 16.2. The summed E-state index contributed by atoms with van der Waals surface area (Å²) in [6.07, 6.45) is 0. The minimum Gasteiger partial charge on any atom is -0.332 e. The number of aromatic amines is 1. The Balaban J connectivity index is 1.79. The number of carbonyl (C=O) groups excluding carboxylic acids is 1. The molecule has 126 valence electrons. The molecule has 0 saturated carbocycles. The third-order valence-electron chi connectivity index (χ3n) is 4.06. The number of anilines is 1. The van der Waals surface area contributed by atoms with Gasteiger partial charge in [0, 0.05) is 25.5 Å². The summed E-state index contributed by atoms with van der Waals surface area (Å²) in [5.41, 5.74) is 4.76. The lowest BCUT2D eigenvalue weighted by molar-refractivity contribution is 0.251. The SMILES string of the molecule is Cc1cc(CNC(=O)Nc2cc3c(cc2C)n(C)c(=O)n3C)n[nH]1. The first-order valence-corrected chi connectivity index (χ1v) is 7.58.